The van der Waals surface area contributed by atoms with Crippen LogP contribution < -0.4 is 10.6 Å². The van der Waals surface area contributed by atoms with Crippen molar-refractivity contribution in [2.75, 3.05) is 10.6 Å². The van der Waals surface area contributed by atoms with Crippen LogP contribution in [0.5, 0.6) is 0 Å². The summed E-state index contributed by atoms with van der Waals surface area (Å²) < 4.78 is 1.15. The molecule has 0 aliphatic carbocycles. The Labute approximate surface area is 169 Å². The van der Waals surface area contributed by atoms with E-state index in [-0.39, 0.29) is 5.91 Å². The van der Waals surface area contributed by atoms with Gasteiger partial charge in [-0.3, -0.25) is 4.79 Å². The number of nitrogens with zero attached hydrogens (tertiary/aromatic N) is 3. The van der Waals surface area contributed by atoms with Crippen LogP contribution >= 0.6 is 11.3 Å². The number of aromatic amines is 1. The van der Waals surface area contributed by atoms with Crippen LogP contribution in [0.25, 0.3) is 32.4 Å². The topological polar surface area (TPSA) is 95.6 Å². The number of carbonyl (C=O) groups excluding carboxylic acids is 1. The van der Waals surface area contributed by atoms with Gasteiger partial charge in [0, 0.05) is 39.3 Å². The number of benzene rings is 2. The van der Waals surface area contributed by atoms with Crippen LogP contribution in [0.2, 0.25) is 0 Å². The molecule has 0 atom stereocenters. The van der Waals surface area contributed by atoms with Gasteiger partial charge >= 0.3 is 0 Å². The van der Waals surface area contributed by atoms with Gasteiger partial charge in [0.15, 0.2) is 5.82 Å². The summed E-state index contributed by atoms with van der Waals surface area (Å²) in [7, 11) is 0. The minimum atomic E-state index is -0.108. The summed E-state index contributed by atoms with van der Waals surface area (Å²) in [6, 6.07) is 15.7. The Balaban J connectivity index is 1.66. The van der Waals surface area contributed by atoms with Gasteiger partial charge in [-0.25, -0.2) is 4.98 Å². The maximum atomic E-state index is 11.4. The summed E-state index contributed by atoms with van der Waals surface area (Å²) in [6.07, 6.45) is 1.56. The van der Waals surface area contributed by atoms with Crippen LogP contribution in [0, 0.1) is 0 Å². The van der Waals surface area contributed by atoms with Crippen LogP contribution in [-0.2, 0) is 4.79 Å². The number of amides is 1. The zero-order chi connectivity index (χ0) is 19.8. The third-order valence-electron chi connectivity index (χ3n) is 4.54. The lowest BCUT2D eigenvalue weighted by molar-refractivity contribution is -0.114. The van der Waals surface area contributed by atoms with Crippen LogP contribution in [0.1, 0.15) is 6.92 Å². The van der Waals surface area contributed by atoms with E-state index in [9.17, 15) is 4.79 Å². The molecular weight excluding hydrogens is 384 g/mol. The number of carbonyl (C=O) groups is 1. The van der Waals surface area contributed by atoms with Crippen LogP contribution in [-0.4, -0.2) is 26.1 Å². The Kier molecular flexibility index (Phi) is 4.18. The van der Waals surface area contributed by atoms with E-state index in [2.05, 4.69) is 43.3 Å². The number of para-hydroxylation sites is 1. The Bertz CT molecular complexity index is 1340. The number of aromatic nitrogens is 4. The number of rotatable bonds is 4. The second kappa shape index (κ2) is 6.99. The van der Waals surface area contributed by atoms with Gasteiger partial charge in [-0.2, -0.15) is 0 Å². The van der Waals surface area contributed by atoms with Gasteiger partial charge in [0.2, 0.25) is 5.91 Å². The lowest BCUT2D eigenvalue weighted by atomic mass is 10.1. The lowest BCUT2D eigenvalue weighted by Gasteiger charge is -2.12. The third kappa shape index (κ3) is 3.19. The fourth-order valence-electron chi connectivity index (χ4n) is 3.36. The number of anilines is 3. The maximum absolute atomic E-state index is 11.4. The normalized spacial score (nSPS) is 11.1. The number of hydrogen-bond donors (Lipinski definition) is 3. The Hall–Kier alpha value is -3.78. The molecule has 0 unspecified atom stereocenters. The average molecular weight is 400 g/mol. The molecular formula is C21H16N6OS. The van der Waals surface area contributed by atoms with Gasteiger partial charge in [-0.15, -0.1) is 21.5 Å². The number of fused-ring (bicyclic) bond motifs is 3. The molecule has 0 aliphatic rings. The van der Waals surface area contributed by atoms with Crippen molar-refractivity contribution in [3.8, 4) is 11.4 Å². The van der Waals surface area contributed by atoms with Gasteiger partial charge < -0.3 is 15.6 Å². The minimum absolute atomic E-state index is 0.108. The SMILES string of the molecule is CC(=O)Nc1cccc(Nc2nc3c(-c4nnc[nH]4)cccc3c3sccc23)c1. The van der Waals surface area contributed by atoms with E-state index in [1.807, 2.05) is 36.4 Å². The number of H-pyrrole nitrogens is 1. The zero-order valence-corrected chi connectivity index (χ0v) is 16.2. The van der Waals surface area contributed by atoms with Crippen molar-refractivity contribution in [2.24, 2.45) is 0 Å². The van der Waals surface area contributed by atoms with Gasteiger partial charge in [0.1, 0.15) is 12.1 Å². The number of nitrogens with one attached hydrogen (secondary N) is 3. The quantitative estimate of drug-likeness (QED) is 0.397. The van der Waals surface area contributed by atoms with E-state index in [4.69, 9.17) is 4.98 Å². The van der Waals surface area contributed by atoms with E-state index in [1.165, 1.54) is 6.92 Å². The second-order valence-corrected chi connectivity index (χ2v) is 7.47. The first-order valence-electron chi connectivity index (χ1n) is 9.00. The van der Waals surface area contributed by atoms with Crippen molar-refractivity contribution in [1.29, 1.82) is 0 Å². The molecule has 8 heteroatoms. The van der Waals surface area contributed by atoms with Crippen molar-refractivity contribution in [1.82, 2.24) is 20.2 Å². The molecule has 5 aromatic rings. The summed E-state index contributed by atoms with van der Waals surface area (Å²) in [4.78, 5) is 19.4. The molecule has 7 nitrogen and oxygen atoms in total. The first-order chi connectivity index (χ1) is 14.2. The summed E-state index contributed by atoms with van der Waals surface area (Å²) >= 11 is 1.68. The van der Waals surface area contributed by atoms with Crippen molar-refractivity contribution in [2.45, 2.75) is 6.92 Å². The Morgan fingerprint density at radius 3 is 2.76 bits per heavy atom. The predicted molar refractivity (Wildman–Crippen MR) is 117 cm³/mol. The molecule has 142 valence electrons. The fraction of sp³-hybridized carbons (Fsp3) is 0.0476. The van der Waals surface area contributed by atoms with Gasteiger partial charge in [-0.05, 0) is 35.7 Å². The molecule has 0 aliphatic heterocycles. The van der Waals surface area contributed by atoms with E-state index in [0.29, 0.717) is 5.82 Å². The highest BCUT2D eigenvalue weighted by Crippen LogP contribution is 2.37. The summed E-state index contributed by atoms with van der Waals surface area (Å²) in [6.45, 7) is 1.49. The largest absolute Gasteiger partial charge is 0.340 e. The Morgan fingerprint density at radius 1 is 1.07 bits per heavy atom. The first-order valence-corrected chi connectivity index (χ1v) is 9.88. The highest BCUT2D eigenvalue weighted by molar-refractivity contribution is 7.18. The smallest absolute Gasteiger partial charge is 0.221 e. The maximum Gasteiger partial charge on any atom is 0.221 e. The molecule has 0 fully saturated rings. The molecule has 1 amide bonds. The van der Waals surface area contributed by atoms with Crippen molar-refractivity contribution in [3.05, 3.63) is 60.2 Å². The predicted octanol–water partition coefficient (Wildman–Crippen LogP) is 4.94. The molecule has 0 saturated heterocycles. The summed E-state index contributed by atoms with van der Waals surface area (Å²) in [5, 5.41) is 18.4. The zero-order valence-electron chi connectivity index (χ0n) is 15.4. The van der Waals surface area contributed by atoms with Gasteiger partial charge in [-0.1, -0.05) is 18.2 Å². The van der Waals surface area contributed by atoms with Crippen LogP contribution in [0.15, 0.2) is 60.2 Å². The highest BCUT2D eigenvalue weighted by atomic mass is 32.1. The van der Waals surface area contributed by atoms with E-state index in [0.717, 1.165) is 43.7 Å². The van der Waals surface area contributed by atoms with Crippen molar-refractivity contribution in [3.63, 3.8) is 0 Å². The fourth-order valence-corrected chi connectivity index (χ4v) is 4.29. The summed E-state index contributed by atoms with van der Waals surface area (Å²) in [5.41, 5.74) is 3.31. The molecule has 0 spiro atoms. The lowest BCUT2D eigenvalue weighted by Crippen LogP contribution is -2.05. The molecule has 2 aromatic carbocycles. The van der Waals surface area contributed by atoms with Gasteiger partial charge in [0.05, 0.1) is 5.52 Å². The van der Waals surface area contributed by atoms with Crippen LogP contribution in [0.4, 0.5) is 17.2 Å². The molecule has 3 aromatic heterocycles. The third-order valence-corrected chi connectivity index (χ3v) is 5.49. The first kappa shape index (κ1) is 17.3. The van der Waals surface area contributed by atoms with Gasteiger partial charge in [0.25, 0.3) is 0 Å². The van der Waals surface area contributed by atoms with E-state index >= 15 is 0 Å². The molecule has 0 radical (unpaired) electrons. The molecule has 3 N–H and O–H groups in total. The minimum Gasteiger partial charge on any atom is -0.340 e. The Morgan fingerprint density at radius 2 is 1.93 bits per heavy atom. The molecule has 29 heavy (non-hydrogen) atoms. The molecule has 0 saturated carbocycles. The van der Waals surface area contributed by atoms with E-state index < -0.39 is 0 Å². The number of thiophene rings is 1. The second-order valence-electron chi connectivity index (χ2n) is 6.55. The monoisotopic (exact) mass is 400 g/mol. The van der Waals surface area contributed by atoms with Crippen molar-refractivity contribution < 1.29 is 4.79 Å². The average Bonchev–Trinajstić information content (AvgIpc) is 3.40. The van der Waals surface area contributed by atoms with Crippen molar-refractivity contribution >= 4 is 55.4 Å². The molecule has 5 rings (SSSR count). The number of hydrogen-bond acceptors (Lipinski definition) is 6. The molecule has 3 heterocycles. The summed E-state index contributed by atoms with van der Waals surface area (Å²) in [5.74, 6) is 1.32. The van der Waals surface area contributed by atoms with E-state index in [1.54, 1.807) is 17.7 Å². The highest BCUT2D eigenvalue weighted by Gasteiger charge is 2.15. The van der Waals surface area contributed by atoms with Crippen LogP contribution in [0.3, 0.4) is 0 Å². The molecule has 0 bridgehead atoms. The standard InChI is InChI=1S/C21H16N6OS/c1-12(28)24-13-4-2-5-14(10-13)25-21-17-8-9-29-19(17)15-6-3-7-16(18(15)26-21)20-22-11-23-27-20/h2-11H,1H3,(H,24,28)(H,25,26)(H,22,23,27). The number of pyridine rings is 1.